The molecule has 114 valence electrons. The first-order chi connectivity index (χ1) is 9.51. The lowest BCUT2D eigenvalue weighted by Crippen LogP contribution is -2.38. The van der Waals surface area contributed by atoms with Gasteiger partial charge in [-0.05, 0) is 49.6 Å². The third-order valence-electron chi connectivity index (χ3n) is 3.25. The van der Waals surface area contributed by atoms with Crippen LogP contribution < -0.4 is 5.32 Å². The molecule has 1 aromatic rings. The fraction of sp³-hybridized carbons (Fsp3) is 0.625. The van der Waals surface area contributed by atoms with Gasteiger partial charge in [0.1, 0.15) is 0 Å². The second-order valence-corrected chi connectivity index (χ2v) is 6.11. The normalized spacial score (nSPS) is 14.6. The number of rotatable bonds is 8. The molecular weight excluding hydrogens is 293 g/mol. The van der Waals surface area contributed by atoms with E-state index in [1.165, 1.54) is 0 Å². The minimum Gasteiger partial charge on any atom is -0.376 e. The Morgan fingerprint density at radius 2 is 1.90 bits per heavy atom. The van der Waals surface area contributed by atoms with E-state index in [4.69, 9.17) is 27.9 Å². The molecule has 0 fully saturated rings. The molecule has 0 spiro atoms. The van der Waals surface area contributed by atoms with Crippen molar-refractivity contribution in [1.82, 2.24) is 5.32 Å². The Kier molecular flexibility index (Phi) is 7.90. The Labute approximate surface area is 132 Å². The van der Waals surface area contributed by atoms with Crippen molar-refractivity contribution in [3.8, 4) is 0 Å². The molecule has 1 N–H and O–H groups in total. The number of nitrogens with one attached hydrogen (secondary N) is 1. The van der Waals surface area contributed by atoms with E-state index < -0.39 is 0 Å². The molecule has 0 saturated heterocycles. The van der Waals surface area contributed by atoms with Crippen molar-refractivity contribution in [2.75, 3.05) is 13.2 Å². The Morgan fingerprint density at radius 1 is 1.20 bits per heavy atom. The molecule has 2 atom stereocenters. The van der Waals surface area contributed by atoms with Crippen LogP contribution in [0.5, 0.6) is 0 Å². The number of hydrogen-bond donors (Lipinski definition) is 1. The van der Waals surface area contributed by atoms with Crippen LogP contribution in [0.25, 0.3) is 0 Å². The summed E-state index contributed by atoms with van der Waals surface area (Å²) in [5.41, 5.74) is 1.01. The zero-order valence-electron chi connectivity index (χ0n) is 12.7. The summed E-state index contributed by atoms with van der Waals surface area (Å²) in [7, 11) is 0. The summed E-state index contributed by atoms with van der Waals surface area (Å²) < 4.78 is 5.95. The molecule has 0 radical (unpaired) electrons. The van der Waals surface area contributed by atoms with Crippen molar-refractivity contribution in [2.45, 2.75) is 46.3 Å². The fourth-order valence-electron chi connectivity index (χ4n) is 2.32. The lowest BCUT2D eigenvalue weighted by atomic mass is 9.93. The average molecular weight is 318 g/mol. The van der Waals surface area contributed by atoms with Crippen LogP contribution in [0.3, 0.4) is 0 Å². The molecule has 0 amide bonds. The summed E-state index contributed by atoms with van der Waals surface area (Å²) in [6.07, 6.45) is 1.13. The predicted octanol–water partition coefficient (Wildman–Crippen LogP) is 5.10. The lowest BCUT2D eigenvalue weighted by Gasteiger charge is -2.32. The van der Waals surface area contributed by atoms with Crippen molar-refractivity contribution < 1.29 is 4.74 Å². The van der Waals surface area contributed by atoms with Gasteiger partial charge in [-0.3, -0.25) is 0 Å². The maximum atomic E-state index is 6.36. The highest BCUT2D eigenvalue weighted by Crippen LogP contribution is 2.32. The van der Waals surface area contributed by atoms with Crippen molar-refractivity contribution in [2.24, 2.45) is 5.92 Å². The van der Waals surface area contributed by atoms with Gasteiger partial charge in [0.2, 0.25) is 0 Å². The highest BCUT2D eigenvalue weighted by molar-refractivity contribution is 6.33. The maximum absolute atomic E-state index is 6.36. The van der Waals surface area contributed by atoms with Crippen LogP contribution in [0.4, 0.5) is 0 Å². The summed E-state index contributed by atoms with van der Waals surface area (Å²) in [6.45, 7) is 10.1. The molecule has 2 nitrogen and oxygen atoms in total. The van der Waals surface area contributed by atoms with Gasteiger partial charge in [-0.25, -0.2) is 0 Å². The lowest BCUT2D eigenvalue weighted by molar-refractivity contribution is 0.00286. The Balaban J connectivity index is 3.11. The molecule has 0 bridgehead atoms. The largest absolute Gasteiger partial charge is 0.376 e. The van der Waals surface area contributed by atoms with Gasteiger partial charge in [-0.1, -0.05) is 44.0 Å². The van der Waals surface area contributed by atoms with Crippen molar-refractivity contribution in [3.05, 3.63) is 33.8 Å². The Bertz CT molecular complexity index is 409. The van der Waals surface area contributed by atoms with Gasteiger partial charge in [0.05, 0.1) is 12.1 Å². The monoisotopic (exact) mass is 317 g/mol. The molecule has 1 rings (SSSR count). The molecule has 0 aliphatic carbocycles. The SMILES string of the molecule is CCCNC(c1cc(Cl)ccc1Cl)C(OCC)C(C)C. The van der Waals surface area contributed by atoms with Crippen LogP contribution >= 0.6 is 23.2 Å². The van der Waals surface area contributed by atoms with Crippen LogP contribution in [0.1, 0.15) is 45.7 Å². The summed E-state index contributed by atoms with van der Waals surface area (Å²) in [6, 6.07) is 5.66. The summed E-state index contributed by atoms with van der Waals surface area (Å²) in [4.78, 5) is 0. The van der Waals surface area contributed by atoms with Crippen LogP contribution in [-0.2, 0) is 4.74 Å². The number of hydrogen-bond acceptors (Lipinski definition) is 2. The van der Waals surface area contributed by atoms with Gasteiger partial charge >= 0.3 is 0 Å². The third-order valence-corrected chi connectivity index (χ3v) is 3.83. The first-order valence-corrected chi connectivity index (χ1v) is 8.06. The van der Waals surface area contributed by atoms with Gasteiger partial charge in [-0.2, -0.15) is 0 Å². The summed E-state index contributed by atoms with van der Waals surface area (Å²) in [5, 5.41) is 4.98. The number of halogens is 2. The Hall–Kier alpha value is -0.280. The Morgan fingerprint density at radius 3 is 2.45 bits per heavy atom. The minimum atomic E-state index is 0.0566. The van der Waals surface area contributed by atoms with Crippen LogP contribution in [0, 0.1) is 5.92 Å². The zero-order valence-corrected chi connectivity index (χ0v) is 14.3. The molecule has 0 heterocycles. The van der Waals surface area contributed by atoms with Crippen molar-refractivity contribution in [3.63, 3.8) is 0 Å². The molecule has 4 heteroatoms. The zero-order chi connectivity index (χ0) is 15.1. The van der Waals surface area contributed by atoms with E-state index >= 15 is 0 Å². The molecule has 1 aromatic carbocycles. The topological polar surface area (TPSA) is 21.3 Å². The third kappa shape index (κ3) is 4.92. The van der Waals surface area contributed by atoms with E-state index in [2.05, 4.69) is 26.1 Å². The van der Waals surface area contributed by atoms with Crippen molar-refractivity contribution >= 4 is 23.2 Å². The predicted molar refractivity (Wildman–Crippen MR) is 87.7 cm³/mol. The van der Waals surface area contributed by atoms with E-state index in [1.54, 1.807) is 0 Å². The summed E-state index contributed by atoms with van der Waals surface area (Å²) in [5.74, 6) is 0.388. The van der Waals surface area contributed by atoms with E-state index in [1.807, 2.05) is 25.1 Å². The summed E-state index contributed by atoms with van der Waals surface area (Å²) >= 11 is 12.5. The number of ether oxygens (including phenoxy) is 1. The fourth-order valence-corrected chi connectivity index (χ4v) is 2.74. The van der Waals surface area contributed by atoms with E-state index in [-0.39, 0.29) is 12.1 Å². The second-order valence-electron chi connectivity index (χ2n) is 5.26. The van der Waals surface area contributed by atoms with Crippen LogP contribution in [-0.4, -0.2) is 19.3 Å². The van der Waals surface area contributed by atoms with Gasteiger partial charge in [0.25, 0.3) is 0 Å². The molecule has 0 saturated carbocycles. The molecule has 0 aliphatic heterocycles. The van der Waals surface area contributed by atoms with Gasteiger partial charge < -0.3 is 10.1 Å². The molecule has 0 aromatic heterocycles. The van der Waals surface area contributed by atoms with Crippen LogP contribution in [0.15, 0.2) is 18.2 Å². The smallest absolute Gasteiger partial charge is 0.0792 e. The van der Waals surface area contributed by atoms with Crippen molar-refractivity contribution in [1.29, 1.82) is 0 Å². The average Bonchev–Trinajstić information content (AvgIpc) is 2.41. The molecule has 0 aliphatic rings. The second kappa shape index (κ2) is 8.89. The molecule has 20 heavy (non-hydrogen) atoms. The number of benzene rings is 1. The molecule has 2 unspecified atom stereocenters. The van der Waals surface area contributed by atoms with Gasteiger partial charge in [0.15, 0.2) is 0 Å². The molecular formula is C16H25Cl2NO. The highest BCUT2D eigenvalue weighted by atomic mass is 35.5. The van der Waals surface area contributed by atoms with E-state index in [0.29, 0.717) is 17.5 Å². The maximum Gasteiger partial charge on any atom is 0.0792 e. The van der Waals surface area contributed by atoms with Gasteiger partial charge in [0, 0.05) is 16.7 Å². The van der Waals surface area contributed by atoms with E-state index in [9.17, 15) is 0 Å². The standard InChI is InChI=1S/C16H25Cl2NO/c1-5-9-19-15(16(11(3)4)20-6-2)13-10-12(17)7-8-14(13)18/h7-8,10-11,15-16,19H,5-6,9H2,1-4H3. The van der Waals surface area contributed by atoms with Gasteiger partial charge in [-0.15, -0.1) is 0 Å². The van der Waals surface area contributed by atoms with E-state index in [0.717, 1.165) is 23.6 Å². The first-order valence-electron chi connectivity index (χ1n) is 7.31. The first kappa shape index (κ1) is 17.8. The quantitative estimate of drug-likeness (QED) is 0.720. The highest BCUT2D eigenvalue weighted by Gasteiger charge is 2.27. The van der Waals surface area contributed by atoms with Crippen LogP contribution in [0.2, 0.25) is 10.0 Å². The minimum absolute atomic E-state index is 0.0566.